The van der Waals surface area contributed by atoms with Crippen LogP contribution in [0.4, 0.5) is 0 Å². The van der Waals surface area contributed by atoms with E-state index in [2.05, 4.69) is 15.1 Å². The standard InChI is InChI=1S/C17H25N5O/c1-12-15(13(2)22-17(20-12)18-11-19-22)9-10-16(23)21(3)14-7-5-4-6-8-14/h11,14H,4-10H2,1-3H3. The van der Waals surface area contributed by atoms with Gasteiger partial charge in [-0.25, -0.2) is 9.50 Å². The van der Waals surface area contributed by atoms with Crippen LogP contribution in [0.3, 0.4) is 0 Å². The summed E-state index contributed by atoms with van der Waals surface area (Å²) in [5, 5.41) is 4.20. The molecule has 3 rings (SSSR count). The van der Waals surface area contributed by atoms with Gasteiger partial charge in [0.15, 0.2) is 0 Å². The molecule has 2 heterocycles. The van der Waals surface area contributed by atoms with E-state index < -0.39 is 0 Å². The Bertz CT molecular complexity index is 702. The largest absolute Gasteiger partial charge is 0.343 e. The third kappa shape index (κ3) is 3.21. The topological polar surface area (TPSA) is 63.4 Å². The van der Waals surface area contributed by atoms with Crippen molar-refractivity contribution < 1.29 is 4.79 Å². The number of aryl methyl sites for hydroxylation is 2. The Hall–Kier alpha value is -1.98. The first-order valence-corrected chi connectivity index (χ1v) is 8.49. The molecule has 0 saturated heterocycles. The van der Waals surface area contributed by atoms with Crippen LogP contribution in [-0.4, -0.2) is 43.5 Å². The number of rotatable bonds is 4. The lowest BCUT2D eigenvalue weighted by atomic mass is 9.94. The van der Waals surface area contributed by atoms with Crippen LogP contribution in [0.2, 0.25) is 0 Å². The van der Waals surface area contributed by atoms with E-state index >= 15 is 0 Å². The Morgan fingerprint density at radius 1 is 1.30 bits per heavy atom. The average Bonchev–Trinajstić information content (AvgIpc) is 3.03. The van der Waals surface area contributed by atoms with Gasteiger partial charge in [0, 0.05) is 30.9 Å². The fourth-order valence-corrected chi connectivity index (χ4v) is 3.60. The third-order valence-corrected chi connectivity index (χ3v) is 5.09. The van der Waals surface area contributed by atoms with Gasteiger partial charge >= 0.3 is 0 Å². The molecule has 23 heavy (non-hydrogen) atoms. The van der Waals surface area contributed by atoms with Gasteiger partial charge in [-0.05, 0) is 38.7 Å². The second-order valence-electron chi connectivity index (χ2n) is 6.53. The normalized spacial score (nSPS) is 16.0. The second-order valence-corrected chi connectivity index (χ2v) is 6.53. The smallest absolute Gasteiger partial charge is 0.252 e. The zero-order valence-electron chi connectivity index (χ0n) is 14.2. The molecule has 1 amide bonds. The Morgan fingerprint density at radius 2 is 2.04 bits per heavy atom. The Morgan fingerprint density at radius 3 is 2.78 bits per heavy atom. The highest BCUT2D eigenvalue weighted by Crippen LogP contribution is 2.22. The summed E-state index contributed by atoms with van der Waals surface area (Å²) in [4.78, 5) is 23.1. The number of fused-ring (bicyclic) bond motifs is 1. The van der Waals surface area contributed by atoms with Gasteiger partial charge in [0.05, 0.1) is 0 Å². The summed E-state index contributed by atoms with van der Waals surface area (Å²) in [6.07, 6.45) is 8.83. The minimum atomic E-state index is 0.231. The molecule has 2 aromatic rings. The minimum absolute atomic E-state index is 0.231. The minimum Gasteiger partial charge on any atom is -0.343 e. The monoisotopic (exact) mass is 315 g/mol. The van der Waals surface area contributed by atoms with Crippen molar-refractivity contribution in [1.82, 2.24) is 24.5 Å². The molecule has 0 bridgehead atoms. The molecule has 0 aromatic carbocycles. The van der Waals surface area contributed by atoms with Gasteiger partial charge in [0.1, 0.15) is 6.33 Å². The molecular formula is C17H25N5O. The number of aromatic nitrogens is 4. The van der Waals surface area contributed by atoms with Crippen LogP contribution in [0.25, 0.3) is 5.78 Å². The lowest BCUT2D eigenvalue weighted by molar-refractivity contribution is -0.132. The second kappa shape index (κ2) is 6.64. The van der Waals surface area contributed by atoms with Crippen LogP contribution >= 0.6 is 0 Å². The summed E-state index contributed by atoms with van der Waals surface area (Å²) < 4.78 is 1.75. The first kappa shape index (κ1) is 15.9. The SMILES string of the molecule is Cc1nc2ncnn2c(C)c1CCC(=O)N(C)C1CCCCC1. The van der Waals surface area contributed by atoms with Crippen LogP contribution < -0.4 is 0 Å². The fourth-order valence-electron chi connectivity index (χ4n) is 3.60. The molecule has 2 aromatic heterocycles. The molecule has 124 valence electrons. The maximum atomic E-state index is 12.5. The van der Waals surface area contributed by atoms with Gasteiger partial charge in [0.25, 0.3) is 5.78 Å². The van der Waals surface area contributed by atoms with Gasteiger partial charge in [-0.2, -0.15) is 10.1 Å². The van der Waals surface area contributed by atoms with Crippen molar-refractivity contribution in [3.8, 4) is 0 Å². The van der Waals surface area contributed by atoms with Crippen LogP contribution in [0.1, 0.15) is 55.5 Å². The zero-order valence-corrected chi connectivity index (χ0v) is 14.2. The molecule has 1 aliphatic carbocycles. The van der Waals surface area contributed by atoms with Crippen molar-refractivity contribution in [1.29, 1.82) is 0 Å². The van der Waals surface area contributed by atoms with E-state index in [1.165, 1.54) is 25.6 Å². The van der Waals surface area contributed by atoms with Crippen molar-refractivity contribution in [3.63, 3.8) is 0 Å². The summed E-state index contributed by atoms with van der Waals surface area (Å²) in [5.74, 6) is 0.851. The number of nitrogens with zero attached hydrogens (tertiary/aromatic N) is 5. The maximum Gasteiger partial charge on any atom is 0.252 e. The van der Waals surface area contributed by atoms with Crippen molar-refractivity contribution in [3.05, 3.63) is 23.3 Å². The number of hydrogen-bond acceptors (Lipinski definition) is 4. The van der Waals surface area contributed by atoms with Crippen LogP contribution in [0.5, 0.6) is 0 Å². The van der Waals surface area contributed by atoms with Crippen LogP contribution in [0.15, 0.2) is 6.33 Å². The Kier molecular flexibility index (Phi) is 4.59. The molecule has 0 radical (unpaired) electrons. The Balaban J connectivity index is 1.69. The highest BCUT2D eigenvalue weighted by Gasteiger charge is 2.22. The lowest BCUT2D eigenvalue weighted by Crippen LogP contribution is -2.38. The molecule has 0 spiro atoms. The fraction of sp³-hybridized carbons (Fsp3) is 0.647. The molecule has 1 aliphatic rings. The van der Waals surface area contributed by atoms with Gasteiger partial charge in [-0.15, -0.1) is 0 Å². The van der Waals surface area contributed by atoms with E-state index in [9.17, 15) is 4.79 Å². The molecular weight excluding hydrogens is 290 g/mol. The zero-order chi connectivity index (χ0) is 16.4. The predicted molar refractivity (Wildman–Crippen MR) is 88.2 cm³/mol. The van der Waals surface area contributed by atoms with Crippen LogP contribution in [0, 0.1) is 13.8 Å². The summed E-state index contributed by atoms with van der Waals surface area (Å²) in [7, 11) is 1.96. The van der Waals surface area contributed by atoms with E-state index in [0.29, 0.717) is 24.7 Å². The van der Waals surface area contributed by atoms with Gasteiger partial charge in [-0.3, -0.25) is 4.79 Å². The highest BCUT2D eigenvalue weighted by atomic mass is 16.2. The molecule has 0 N–H and O–H groups in total. The van der Waals surface area contributed by atoms with Crippen molar-refractivity contribution in [2.24, 2.45) is 0 Å². The molecule has 1 fully saturated rings. The first-order valence-electron chi connectivity index (χ1n) is 8.49. The number of carbonyl (C=O) groups excluding carboxylic acids is 1. The molecule has 1 saturated carbocycles. The van der Waals surface area contributed by atoms with E-state index in [1.54, 1.807) is 4.52 Å². The van der Waals surface area contributed by atoms with E-state index in [0.717, 1.165) is 29.8 Å². The average molecular weight is 315 g/mol. The summed E-state index contributed by atoms with van der Waals surface area (Å²) in [5.41, 5.74) is 3.07. The predicted octanol–water partition coefficient (Wildman–Crippen LogP) is 2.46. The molecule has 0 unspecified atom stereocenters. The molecule has 6 nitrogen and oxygen atoms in total. The van der Waals surface area contributed by atoms with Crippen molar-refractivity contribution >= 4 is 11.7 Å². The third-order valence-electron chi connectivity index (χ3n) is 5.09. The lowest BCUT2D eigenvalue weighted by Gasteiger charge is -2.31. The molecule has 0 aliphatic heterocycles. The van der Waals surface area contributed by atoms with E-state index in [4.69, 9.17) is 0 Å². The highest BCUT2D eigenvalue weighted by molar-refractivity contribution is 5.76. The van der Waals surface area contributed by atoms with Gasteiger partial charge in [-0.1, -0.05) is 19.3 Å². The number of carbonyl (C=O) groups is 1. The van der Waals surface area contributed by atoms with Crippen molar-refractivity contribution in [2.75, 3.05) is 7.05 Å². The van der Waals surface area contributed by atoms with E-state index in [-0.39, 0.29) is 5.91 Å². The van der Waals surface area contributed by atoms with Crippen LogP contribution in [-0.2, 0) is 11.2 Å². The van der Waals surface area contributed by atoms with E-state index in [1.807, 2.05) is 25.8 Å². The van der Waals surface area contributed by atoms with Crippen molar-refractivity contribution in [2.45, 2.75) is 64.8 Å². The first-order chi connectivity index (χ1) is 11.1. The number of hydrogen-bond donors (Lipinski definition) is 0. The maximum absolute atomic E-state index is 12.5. The molecule has 6 heteroatoms. The van der Waals surface area contributed by atoms with Gasteiger partial charge in [0.2, 0.25) is 5.91 Å². The Labute approximate surface area is 136 Å². The summed E-state index contributed by atoms with van der Waals surface area (Å²) in [6, 6.07) is 0.425. The quantitative estimate of drug-likeness (QED) is 0.869. The number of amides is 1. The van der Waals surface area contributed by atoms with Gasteiger partial charge < -0.3 is 4.90 Å². The summed E-state index contributed by atoms with van der Waals surface area (Å²) >= 11 is 0. The summed E-state index contributed by atoms with van der Waals surface area (Å²) in [6.45, 7) is 3.99. The molecule has 0 atom stereocenters.